The Morgan fingerprint density at radius 2 is 1.97 bits per heavy atom. The zero-order chi connectivity index (χ0) is 20.9. The summed E-state index contributed by atoms with van der Waals surface area (Å²) in [6.45, 7) is 3.25. The number of fused-ring (bicyclic) bond motifs is 5. The number of aromatic nitrogens is 3. The highest BCUT2D eigenvalue weighted by Crippen LogP contribution is 2.64. The molecule has 3 unspecified atom stereocenters. The van der Waals surface area contributed by atoms with Gasteiger partial charge in [-0.05, 0) is 92.8 Å². The number of methoxy groups -OCH3 is 1. The zero-order valence-corrected chi connectivity index (χ0v) is 18.5. The maximum Gasteiger partial charge on any atom is 0.157 e. The van der Waals surface area contributed by atoms with Crippen molar-refractivity contribution in [1.82, 2.24) is 15.0 Å². The first-order valence-corrected chi connectivity index (χ1v) is 12.0. The number of aliphatic hydroxyl groups is 1. The minimum absolute atomic E-state index is 0.150. The molecule has 0 amide bonds. The molecule has 0 aromatic carbocycles. The van der Waals surface area contributed by atoms with Gasteiger partial charge in [-0.1, -0.05) is 12.1 Å². The van der Waals surface area contributed by atoms with Gasteiger partial charge in [-0.3, -0.25) is 4.79 Å². The van der Waals surface area contributed by atoms with Gasteiger partial charge < -0.3 is 9.84 Å². The Labute approximate surface area is 179 Å². The van der Waals surface area contributed by atoms with E-state index in [9.17, 15) is 9.90 Å². The molecule has 5 rings (SSSR count). The molecule has 1 N–H and O–H groups in total. The maximum absolute atomic E-state index is 13.2. The fourth-order valence-corrected chi connectivity index (χ4v) is 8.48. The molecule has 4 aliphatic rings. The molecule has 8 atom stereocenters. The lowest BCUT2D eigenvalue weighted by Gasteiger charge is -2.57. The van der Waals surface area contributed by atoms with Gasteiger partial charge in [0, 0.05) is 19.2 Å². The quantitative estimate of drug-likeness (QED) is 0.796. The smallest absolute Gasteiger partial charge is 0.157 e. The van der Waals surface area contributed by atoms with Gasteiger partial charge in [0.1, 0.15) is 6.54 Å². The monoisotopic (exact) mass is 415 g/mol. The lowest BCUT2D eigenvalue weighted by Crippen LogP contribution is -2.52. The largest absolute Gasteiger partial charge is 0.387 e. The number of rotatable bonds is 5. The van der Waals surface area contributed by atoms with Crippen LogP contribution in [0.4, 0.5) is 0 Å². The molecule has 166 valence electrons. The van der Waals surface area contributed by atoms with E-state index in [1.54, 1.807) is 24.2 Å². The number of Topliss-reactive ketones (excluding diaryl/α,β-unsaturated/α-hetero) is 1. The summed E-state index contributed by atoms with van der Waals surface area (Å²) in [4.78, 5) is 13.2. The van der Waals surface area contributed by atoms with Crippen LogP contribution in [0.1, 0.15) is 64.7 Å². The summed E-state index contributed by atoms with van der Waals surface area (Å²) >= 11 is 0. The van der Waals surface area contributed by atoms with Crippen molar-refractivity contribution >= 4 is 5.78 Å². The molecule has 4 aliphatic carbocycles. The minimum Gasteiger partial charge on any atom is -0.387 e. The second-order valence-corrected chi connectivity index (χ2v) is 11.1. The van der Waals surface area contributed by atoms with Gasteiger partial charge in [0.2, 0.25) is 0 Å². The van der Waals surface area contributed by atoms with Gasteiger partial charge in [0.15, 0.2) is 5.78 Å². The van der Waals surface area contributed by atoms with E-state index in [-0.39, 0.29) is 11.3 Å². The average molecular weight is 416 g/mol. The molecule has 4 saturated carbocycles. The molecular weight excluding hydrogens is 378 g/mol. The van der Waals surface area contributed by atoms with Gasteiger partial charge in [-0.2, -0.15) is 0 Å². The van der Waals surface area contributed by atoms with Crippen molar-refractivity contribution in [2.75, 3.05) is 13.7 Å². The van der Waals surface area contributed by atoms with E-state index < -0.39 is 5.60 Å². The van der Waals surface area contributed by atoms with Crippen molar-refractivity contribution in [3.8, 4) is 0 Å². The molecule has 0 spiro atoms. The van der Waals surface area contributed by atoms with E-state index in [1.807, 2.05) is 0 Å². The molecular formula is C24H37N3O3. The number of hydrogen-bond acceptors (Lipinski definition) is 5. The summed E-state index contributed by atoms with van der Waals surface area (Å²) in [5, 5.41) is 18.8. The molecule has 30 heavy (non-hydrogen) atoms. The molecule has 0 bridgehead atoms. The standard InChI is InChI=1S/C24H37N3O3/c1-23-9-7-18-17-8-10-24(29,15-30-2)13-16(17)3-4-19(18)20(23)5-6-21(23)22(28)14-27-12-11-25-26-27/h11-12,16-21,29H,3-10,13-15H2,1-2H3/t16-,17+,18?,19?,20?,21-,23+,24-/m1/s1. The van der Waals surface area contributed by atoms with Crippen molar-refractivity contribution in [2.45, 2.75) is 76.9 Å². The lowest BCUT2D eigenvalue weighted by molar-refractivity contribution is -0.136. The number of nitrogens with zero attached hydrogens (tertiary/aromatic N) is 3. The number of ketones is 1. The highest BCUT2D eigenvalue weighted by Gasteiger charge is 2.58. The third-order valence-electron chi connectivity index (χ3n) is 9.70. The second kappa shape index (κ2) is 7.70. The van der Waals surface area contributed by atoms with Crippen molar-refractivity contribution in [3.05, 3.63) is 12.4 Å². The highest BCUT2D eigenvalue weighted by molar-refractivity contribution is 5.82. The van der Waals surface area contributed by atoms with Crippen molar-refractivity contribution in [3.63, 3.8) is 0 Å². The molecule has 6 heteroatoms. The fraction of sp³-hybridized carbons (Fsp3) is 0.875. The first-order chi connectivity index (χ1) is 14.4. The van der Waals surface area contributed by atoms with Crippen molar-refractivity contribution in [1.29, 1.82) is 0 Å². The third kappa shape index (κ3) is 3.35. The number of hydrogen-bond donors (Lipinski definition) is 1. The molecule has 0 aliphatic heterocycles. The topological polar surface area (TPSA) is 77.2 Å². The molecule has 4 fully saturated rings. The Hall–Kier alpha value is -1.27. The predicted molar refractivity (Wildman–Crippen MR) is 112 cm³/mol. The van der Waals surface area contributed by atoms with Crippen LogP contribution in [0.15, 0.2) is 12.4 Å². The van der Waals surface area contributed by atoms with Gasteiger partial charge in [-0.15, -0.1) is 5.10 Å². The Balaban J connectivity index is 1.29. The molecule has 1 aromatic rings. The van der Waals surface area contributed by atoms with Crippen molar-refractivity contribution < 1.29 is 14.6 Å². The SMILES string of the molecule is COC[C@@]1(O)CC[C@@H]2C3CC[C@@]4(C)C(CC[C@@H]4C(=O)Cn4ccnn4)C3CC[C@@H]2C1. The molecule has 0 radical (unpaired) electrons. The third-order valence-corrected chi connectivity index (χ3v) is 9.70. The number of carbonyl (C=O) groups is 1. The van der Waals surface area contributed by atoms with Crippen LogP contribution in [-0.2, 0) is 16.1 Å². The zero-order valence-electron chi connectivity index (χ0n) is 18.5. The van der Waals surface area contributed by atoms with Crippen LogP contribution >= 0.6 is 0 Å². The van der Waals surface area contributed by atoms with E-state index in [0.29, 0.717) is 30.8 Å². The van der Waals surface area contributed by atoms with E-state index in [0.717, 1.165) is 43.4 Å². The molecule has 1 heterocycles. The molecule has 1 aromatic heterocycles. The normalized spacial score (nSPS) is 45.4. The lowest BCUT2D eigenvalue weighted by atomic mass is 9.49. The summed E-state index contributed by atoms with van der Waals surface area (Å²) in [5.41, 5.74) is -0.463. The Morgan fingerprint density at radius 1 is 1.13 bits per heavy atom. The van der Waals surface area contributed by atoms with Crippen LogP contribution < -0.4 is 0 Å². The van der Waals surface area contributed by atoms with E-state index in [1.165, 1.54) is 32.1 Å². The van der Waals surface area contributed by atoms with Crippen LogP contribution in [0.25, 0.3) is 0 Å². The first kappa shape index (κ1) is 20.6. The number of ether oxygens (including phenoxy) is 1. The summed E-state index contributed by atoms with van der Waals surface area (Å²) in [7, 11) is 1.70. The number of carbonyl (C=O) groups excluding carboxylic acids is 1. The Bertz CT molecular complexity index is 768. The molecule has 0 saturated heterocycles. The van der Waals surface area contributed by atoms with E-state index >= 15 is 0 Å². The summed E-state index contributed by atoms with van der Waals surface area (Å²) < 4.78 is 7.00. The van der Waals surface area contributed by atoms with Crippen LogP contribution in [0.3, 0.4) is 0 Å². The Kier molecular flexibility index (Phi) is 5.29. The molecule has 6 nitrogen and oxygen atoms in total. The van der Waals surface area contributed by atoms with Gasteiger partial charge in [0.25, 0.3) is 0 Å². The van der Waals surface area contributed by atoms with Crippen LogP contribution in [-0.4, -0.2) is 45.2 Å². The fourth-order valence-electron chi connectivity index (χ4n) is 8.48. The maximum atomic E-state index is 13.2. The minimum atomic E-state index is -0.613. The summed E-state index contributed by atoms with van der Waals surface area (Å²) in [5.74, 6) is 4.16. The van der Waals surface area contributed by atoms with Crippen LogP contribution in [0, 0.1) is 40.9 Å². The van der Waals surface area contributed by atoms with Crippen molar-refractivity contribution in [2.24, 2.45) is 40.9 Å². The highest BCUT2D eigenvalue weighted by atomic mass is 16.5. The predicted octanol–water partition coefficient (Wildman–Crippen LogP) is 3.49. The summed E-state index contributed by atoms with van der Waals surface area (Å²) in [6, 6.07) is 0. The van der Waals surface area contributed by atoms with Crippen LogP contribution in [0.2, 0.25) is 0 Å². The first-order valence-electron chi connectivity index (χ1n) is 12.0. The Morgan fingerprint density at radius 3 is 2.73 bits per heavy atom. The van der Waals surface area contributed by atoms with Gasteiger partial charge >= 0.3 is 0 Å². The van der Waals surface area contributed by atoms with E-state index in [4.69, 9.17) is 4.74 Å². The van der Waals surface area contributed by atoms with Gasteiger partial charge in [-0.25, -0.2) is 4.68 Å². The van der Waals surface area contributed by atoms with E-state index in [2.05, 4.69) is 17.2 Å². The van der Waals surface area contributed by atoms with Gasteiger partial charge in [0.05, 0.1) is 18.4 Å². The summed E-state index contributed by atoms with van der Waals surface area (Å²) in [6.07, 6.45) is 13.6. The second-order valence-electron chi connectivity index (χ2n) is 11.1. The van der Waals surface area contributed by atoms with Crippen LogP contribution in [0.5, 0.6) is 0 Å². The average Bonchev–Trinajstić information content (AvgIpc) is 3.34.